The van der Waals surface area contributed by atoms with Crippen molar-refractivity contribution in [2.24, 2.45) is 0 Å². The Hall–Kier alpha value is -2.08. The van der Waals surface area contributed by atoms with Crippen LogP contribution in [-0.2, 0) is 9.59 Å². The van der Waals surface area contributed by atoms with E-state index in [1.807, 2.05) is 24.3 Å². The first-order valence-electron chi connectivity index (χ1n) is 7.25. The van der Waals surface area contributed by atoms with Crippen molar-refractivity contribution in [3.8, 4) is 0 Å². The van der Waals surface area contributed by atoms with Crippen LogP contribution in [0.5, 0.6) is 0 Å². The van der Waals surface area contributed by atoms with E-state index in [0.717, 1.165) is 11.3 Å². The highest BCUT2D eigenvalue weighted by atomic mass is 32.2. The summed E-state index contributed by atoms with van der Waals surface area (Å²) in [7, 11) is 0. The number of aromatic nitrogens is 1. The number of nitrogens with one attached hydrogen (secondary N) is 4. The molecule has 136 valence electrons. The summed E-state index contributed by atoms with van der Waals surface area (Å²) in [6, 6.07) is 7.35. The van der Waals surface area contributed by atoms with E-state index in [4.69, 9.17) is 24.4 Å². The van der Waals surface area contributed by atoms with Crippen LogP contribution >= 0.6 is 47.5 Å². The van der Waals surface area contributed by atoms with E-state index >= 15 is 0 Å². The van der Waals surface area contributed by atoms with Crippen molar-refractivity contribution >= 4 is 80.6 Å². The van der Waals surface area contributed by atoms with Crippen molar-refractivity contribution in [1.82, 2.24) is 15.8 Å². The van der Waals surface area contributed by atoms with Gasteiger partial charge in [0.15, 0.2) is 10.2 Å². The Bertz CT molecular complexity index is 765. The lowest BCUT2D eigenvalue weighted by atomic mass is 10.2. The summed E-state index contributed by atoms with van der Waals surface area (Å²) < 4.78 is 0. The van der Waals surface area contributed by atoms with Crippen molar-refractivity contribution < 1.29 is 9.59 Å². The molecule has 0 spiro atoms. The van der Waals surface area contributed by atoms with Crippen LogP contribution in [0.4, 0.5) is 10.8 Å². The van der Waals surface area contributed by atoms with E-state index in [0.29, 0.717) is 5.13 Å². The number of benzene rings is 1. The SMILES string of the molecule is O=C(CSCC(=O)Nc1nccs1)NNC(=S)Nc1ccc(C=S)cc1. The summed E-state index contributed by atoms with van der Waals surface area (Å²) in [5.41, 5.74) is 6.76. The topological polar surface area (TPSA) is 95.2 Å². The van der Waals surface area contributed by atoms with Gasteiger partial charge in [-0.3, -0.25) is 20.4 Å². The van der Waals surface area contributed by atoms with Crippen LogP contribution in [0.3, 0.4) is 0 Å². The molecule has 0 saturated carbocycles. The fraction of sp³-hybridized carbons (Fsp3) is 0.133. The average molecular weight is 426 g/mol. The molecule has 1 aromatic heterocycles. The van der Waals surface area contributed by atoms with Gasteiger partial charge in [0.25, 0.3) is 0 Å². The number of nitrogens with zero attached hydrogens (tertiary/aromatic N) is 1. The van der Waals surface area contributed by atoms with Gasteiger partial charge >= 0.3 is 0 Å². The Morgan fingerprint density at radius 1 is 1.12 bits per heavy atom. The normalized spacial score (nSPS) is 9.85. The van der Waals surface area contributed by atoms with Crippen molar-refractivity contribution in [1.29, 1.82) is 0 Å². The summed E-state index contributed by atoms with van der Waals surface area (Å²) >= 11 is 12.5. The van der Waals surface area contributed by atoms with E-state index in [1.54, 1.807) is 16.9 Å². The quantitative estimate of drug-likeness (QED) is 0.396. The molecule has 1 heterocycles. The minimum absolute atomic E-state index is 0.115. The van der Waals surface area contributed by atoms with Gasteiger partial charge in [-0.25, -0.2) is 4.98 Å². The summed E-state index contributed by atoms with van der Waals surface area (Å²) in [6.07, 6.45) is 1.61. The molecule has 7 nitrogen and oxygen atoms in total. The molecule has 0 aliphatic rings. The van der Waals surface area contributed by atoms with E-state index in [1.165, 1.54) is 23.1 Å². The number of thiazole rings is 1. The van der Waals surface area contributed by atoms with Crippen molar-refractivity contribution in [3.63, 3.8) is 0 Å². The van der Waals surface area contributed by atoms with E-state index in [2.05, 4.69) is 26.5 Å². The molecule has 4 N–H and O–H groups in total. The third kappa shape index (κ3) is 7.44. The second-order valence-electron chi connectivity index (χ2n) is 4.75. The predicted molar refractivity (Wildman–Crippen MR) is 115 cm³/mol. The Labute approximate surface area is 169 Å². The fourth-order valence-corrected chi connectivity index (χ4v) is 3.14. The number of carbonyl (C=O) groups is 2. The van der Waals surface area contributed by atoms with Gasteiger partial charge in [-0.15, -0.1) is 23.1 Å². The molecule has 2 aromatic rings. The second kappa shape index (κ2) is 10.8. The number of hydrazine groups is 1. The fourth-order valence-electron chi connectivity index (χ4n) is 1.65. The summed E-state index contributed by atoms with van der Waals surface area (Å²) in [4.78, 5) is 27.3. The molecule has 11 heteroatoms. The third-order valence-electron chi connectivity index (χ3n) is 2.77. The lowest BCUT2D eigenvalue weighted by Crippen LogP contribution is -2.44. The lowest BCUT2D eigenvalue weighted by Gasteiger charge is -2.11. The third-order valence-corrected chi connectivity index (χ3v) is 4.86. The first-order chi connectivity index (χ1) is 12.6. The van der Waals surface area contributed by atoms with Crippen molar-refractivity contribution in [3.05, 3.63) is 41.4 Å². The molecular formula is C15H15N5O2S4. The lowest BCUT2D eigenvalue weighted by molar-refractivity contribution is -0.119. The Kier molecular flexibility index (Phi) is 8.41. The summed E-state index contributed by atoms with van der Waals surface area (Å²) in [6.45, 7) is 0. The predicted octanol–water partition coefficient (Wildman–Crippen LogP) is 2.18. The molecule has 26 heavy (non-hydrogen) atoms. The number of carbonyl (C=O) groups excluding carboxylic acids is 2. The van der Waals surface area contributed by atoms with Crippen LogP contribution in [0.25, 0.3) is 0 Å². The number of hydrogen-bond donors (Lipinski definition) is 4. The van der Waals surface area contributed by atoms with Gasteiger partial charge in [-0.05, 0) is 29.9 Å². The molecule has 0 aliphatic heterocycles. The first kappa shape index (κ1) is 20.2. The maximum absolute atomic E-state index is 11.7. The molecule has 1 aromatic carbocycles. The van der Waals surface area contributed by atoms with Gasteiger partial charge in [-0.1, -0.05) is 24.4 Å². The zero-order valence-corrected chi connectivity index (χ0v) is 16.6. The monoisotopic (exact) mass is 425 g/mol. The van der Waals surface area contributed by atoms with Crippen LogP contribution in [-0.4, -0.2) is 38.8 Å². The van der Waals surface area contributed by atoms with Crippen LogP contribution in [0, 0.1) is 0 Å². The van der Waals surface area contributed by atoms with Crippen LogP contribution in [0.15, 0.2) is 35.8 Å². The zero-order valence-electron chi connectivity index (χ0n) is 13.4. The summed E-state index contributed by atoms with van der Waals surface area (Å²) in [5.74, 6) is -0.230. The molecule has 0 radical (unpaired) electrons. The highest BCUT2D eigenvalue weighted by Crippen LogP contribution is 2.11. The molecule has 0 saturated heterocycles. The first-order valence-corrected chi connectivity index (χ1v) is 10.2. The van der Waals surface area contributed by atoms with Gasteiger partial charge < -0.3 is 10.6 Å². The Morgan fingerprint density at radius 3 is 2.50 bits per heavy atom. The van der Waals surface area contributed by atoms with Gasteiger partial charge in [0.05, 0.1) is 11.5 Å². The number of amides is 2. The molecule has 2 rings (SSSR count). The van der Waals surface area contributed by atoms with Crippen LogP contribution in [0.2, 0.25) is 0 Å². The number of anilines is 2. The van der Waals surface area contributed by atoms with Gasteiger partial charge in [0.1, 0.15) is 0 Å². The highest BCUT2D eigenvalue weighted by Gasteiger charge is 2.07. The van der Waals surface area contributed by atoms with Crippen molar-refractivity contribution in [2.75, 3.05) is 22.1 Å². The zero-order chi connectivity index (χ0) is 18.8. The molecule has 0 aliphatic carbocycles. The van der Waals surface area contributed by atoms with Gasteiger partial charge in [0.2, 0.25) is 11.8 Å². The second-order valence-corrected chi connectivity index (χ2v) is 7.27. The maximum Gasteiger partial charge on any atom is 0.248 e. The minimum Gasteiger partial charge on any atom is -0.331 e. The molecule has 0 unspecified atom stereocenters. The molecular weight excluding hydrogens is 410 g/mol. The number of thiocarbonyl (C=S) groups is 2. The molecule has 0 bridgehead atoms. The number of hydrogen-bond acceptors (Lipinski definition) is 7. The van der Waals surface area contributed by atoms with Gasteiger partial charge in [0, 0.05) is 22.6 Å². The molecule has 2 amide bonds. The van der Waals surface area contributed by atoms with Gasteiger partial charge in [-0.2, -0.15) is 0 Å². The summed E-state index contributed by atoms with van der Waals surface area (Å²) in [5, 5.41) is 9.71. The Balaban J connectivity index is 1.60. The van der Waals surface area contributed by atoms with Crippen LogP contribution in [0.1, 0.15) is 5.56 Å². The minimum atomic E-state index is -0.294. The van der Waals surface area contributed by atoms with Crippen LogP contribution < -0.4 is 21.5 Å². The number of rotatable bonds is 7. The largest absolute Gasteiger partial charge is 0.331 e. The molecule has 0 fully saturated rings. The van der Waals surface area contributed by atoms with E-state index < -0.39 is 0 Å². The maximum atomic E-state index is 11.7. The molecule has 0 atom stereocenters. The van der Waals surface area contributed by atoms with Crippen molar-refractivity contribution in [2.45, 2.75) is 0 Å². The smallest absolute Gasteiger partial charge is 0.248 e. The van der Waals surface area contributed by atoms with E-state index in [9.17, 15) is 9.59 Å². The average Bonchev–Trinajstić information content (AvgIpc) is 3.13. The highest BCUT2D eigenvalue weighted by molar-refractivity contribution is 8.00. The number of thioether (sulfide) groups is 1. The van der Waals surface area contributed by atoms with E-state index in [-0.39, 0.29) is 28.4 Å². The standard InChI is InChI=1S/C15H15N5O2S4/c21-12(18-15-16-5-6-26-15)8-25-9-13(22)19-20-14(24)17-11-3-1-10(7-23)2-4-11/h1-7H,8-9H2,(H,19,22)(H,16,18,21)(H2,17,20,24). The Morgan fingerprint density at radius 2 is 1.85 bits per heavy atom.